The molecule has 4 nitrogen and oxygen atoms in total. The first-order chi connectivity index (χ1) is 10.6. The normalized spacial score (nSPS) is 17.2. The van der Waals surface area contributed by atoms with Crippen LogP contribution in [0.25, 0.3) is 11.0 Å². The van der Waals surface area contributed by atoms with E-state index in [9.17, 15) is 4.79 Å². The van der Waals surface area contributed by atoms with Gasteiger partial charge in [0.25, 0.3) is 0 Å². The number of rotatable bonds is 3. The molecule has 0 amide bonds. The van der Waals surface area contributed by atoms with E-state index in [4.69, 9.17) is 4.42 Å². The van der Waals surface area contributed by atoms with E-state index in [1.807, 2.05) is 13.8 Å². The number of fused-ring (bicyclic) bond motifs is 1. The van der Waals surface area contributed by atoms with Crippen LogP contribution in [0.5, 0.6) is 0 Å². The second kappa shape index (κ2) is 6.23. The van der Waals surface area contributed by atoms with Crippen LogP contribution in [0.4, 0.5) is 0 Å². The van der Waals surface area contributed by atoms with Crippen LogP contribution in [0.1, 0.15) is 23.6 Å². The van der Waals surface area contributed by atoms with Crippen LogP contribution in [-0.2, 0) is 6.54 Å². The number of piperazine rings is 1. The van der Waals surface area contributed by atoms with Crippen molar-refractivity contribution in [3.8, 4) is 0 Å². The maximum atomic E-state index is 11.9. The van der Waals surface area contributed by atoms with Gasteiger partial charge in [-0.25, -0.2) is 4.79 Å². The van der Waals surface area contributed by atoms with Gasteiger partial charge in [-0.3, -0.25) is 4.90 Å². The number of hydrogen-bond donors (Lipinski definition) is 0. The number of likely N-dealkylation sites (N-methyl/N-ethyl adjacent to an activating group) is 1. The highest BCUT2D eigenvalue weighted by Gasteiger charge is 2.17. The lowest BCUT2D eigenvalue weighted by Crippen LogP contribution is -2.45. The summed E-state index contributed by atoms with van der Waals surface area (Å²) in [7, 11) is 0. The molecule has 1 fully saturated rings. The van der Waals surface area contributed by atoms with E-state index in [1.165, 1.54) is 0 Å². The Balaban J connectivity index is 1.91. The molecule has 2 aromatic rings. The summed E-state index contributed by atoms with van der Waals surface area (Å²) >= 11 is 0. The maximum Gasteiger partial charge on any atom is 0.336 e. The molecule has 0 saturated carbocycles. The summed E-state index contributed by atoms with van der Waals surface area (Å²) in [6.45, 7) is 12.5. The first-order valence-corrected chi connectivity index (χ1v) is 8.06. The van der Waals surface area contributed by atoms with E-state index in [0.29, 0.717) is 0 Å². The highest BCUT2D eigenvalue weighted by molar-refractivity contribution is 5.83. The van der Waals surface area contributed by atoms with Crippen LogP contribution < -0.4 is 5.63 Å². The maximum absolute atomic E-state index is 11.9. The second-order valence-corrected chi connectivity index (χ2v) is 6.19. The molecule has 0 atom stereocenters. The molecule has 1 aromatic carbocycles. The molecule has 0 unspecified atom stereocenters. The van der Waals surface area contributed by atoms with Crippen LogP contribution in [0.3, 0.4) is 0 Å². The lowest BCUT2D eigenvalue weighted by Gasteiger charge is -2.34. The van der Waals surface area contributed by atoms with Crippen molar-refractivity contribution < 1.29 is 4.42 Å². The van der Waals surface area contributed by atoms with E-state index < -0.39 is 0 Å². The van der Waals surface area contributed by atoms with Crippen molar-refractivity contribution in [3.05, 3.63) is 45.3 Å². The SMILES string of the molecule is CCN1CCN(Cc2cc(=O)oc3c(C)c(C)ccc23)CC1. The van der Waals surface area contributed by atoms with Gasteiger partial charge in [-0.1, -0.05) is 19.1 Å². The van der Waals surface area contributed by atoms with Crippen LogP contribution in [0.15, 0.2) is 27.4 Å². The van der Waals surface area contributed by atoms with Gasteiger partial charge in [0.05, 0.1) is 0 Å². The average molecular weight is 300 g/mol. The number of benzene rings is 1. The highest BCUT2D eigenvalue weighted by Crippen LogP contribution is 2.24. The summed E-state index contributed by atoms with van der Waals surface area (Å²) in [5.74, 6) is 0. The summed E-state index contributed by atoms with van der Waals surface area (Å²) in [5.41, 5.74) is 3.80. The Morgan fingerprint density at radius 2 is 1.77 bits per heavy atom. The van der Waals surface area contributed by atoms with Gasteiger partial charge in [-0.15, -0.1) is 0 Å². The Hall–Kier alpha value is -1.65. The third kappa shape index (κ3) is 2.94. The summed E-state index contributed by atoms with van der Waals surface area (Å²) < 4.78 is 5.46. The van der Waals surface area contributed by atoms with E-state index in [-0.39, 0.29) is 5.63 Å². The van der Waals surface area contributed by atoms with Gasteiger partial charge in [0.15, 0.2) is 0 Å². The molecule has 22 heavy (non-hydrogen) atoms. The van der Waals surface area contributed by atoms with Crippen molar-refractivity contribution >= 4 is 11.0 Å². The minimum absolute atomic E-state index is 0.247. The van der Waals surface area contributed by atoms with E-state index in [0.717, 1.165) is 66.9 Å². The fourth-order valence-electron chi connectivity index (χ4n) is 3.16. The van der Waals surface area contributed by atoms with E-state index in [1.54, 1.807) is 6.07 Å². The van der Waals surface area contributed by atoms with Crippen molar-refractivity contribution in [1.29, 1.82) is 0 Å². The molecular weight excluding hydrogens is 276 g/mol. The summed E-state index contributed by atoms with van der Waals surface area (Å²) in [5, 5.41) is 1.07. The van der Waals surface area contributed by atoms with Crippen molar-refractivity contribution in [3.63, 3.8) is 0 Å². The predicted octanol–water partition coefficient (Wildman–Crippen LogP) is 2.55. The molecule has 2 heterocycles. The smallest absolute Gasteiger partial charge is 0.336 e. The molecule has 0 radical (unpaired) electrons. The van der Waals surface area contributed by atoms with Gasteiger partial charge >= 0.3 is 5.63 Å². The van der Waals surface area contributed by atoms with Crippen LogP contribution in [-0.4, -0.2) is 42.5 Å². The topological polar surface area (TPSA) is 36.7 Å². The van der Waals surface area contributed by atoms with Gasteiger partial charge in [0.2, 0.25) is 0 Å². The Morgan fingerprint density at radius 3 is 2.45 bits per heavy atom. The number of hydrogen-bond acceptors (Lipinski definition) is 4. The lowest BCUT2D eigenvalue weighted by molar-refractivity contribution is 0.132. The van der Waals surface area contributed by atoms with Crippen molar-refractivity contribution in [2.75, 3.05) is 32.7 Å². The Labute approximate surface area is 131 Å². The third-order valence-electron chi connectivity index (χ3n) is 4.82. The van der Waals surface area contributed by atoms with Crippen molar-refractivity contribution in [2.24, 2.45) is 0 Å². The van der Waals surface area contributed by atoms with Crippen LogP contribution in [0.2, 0.25) is 0 Å². The fraction of sp³-hybridized carbons (Fsp3) is 0.500. The molecule has 1 aliphatic heterocycles. The van der Waals surface area contributed by atoms with E-state index in [2.05, 4.69) is 28.9 Å². The number of nitrogens with zero attached hydrogens (tertiary/aromatic N) is 2. The molecular formula is C18H24N2O2. The van der Waals surface area contributed by atoms with Gasteiger partial charge in [-0.2, -0.15) is 0 Å². The third-order valence-corrected chi connectivity index (χ3v) is 4.82. The molecule has 0 bridgehead atoms. The minimum Gasteiger partial charge on any atom is -0.422 e. The van der Waals surface area contributed by atoms with Crippen LogP contribution in [0, 0.1) is 13.8 Å². The fourth-order valence-corrected chi connectivity index (χ4v) is 3.16. The van der Waals surface area contributed by atoms with Gasteiger partial charge < -0.3 is 9.32 Å². The van der Waals surface area contributed by atoms with Crippen molar-refractivity contribution in [2.45, 2.75) is 27.3 Å². The standard InChI is InChI=1S/C18H24N2O2/c1-4-19-7-9-20(10-8-19)12-15-11-17(21)22-18-14(3)13(2)5-6-16(15)18/h5-6,11H,4,7-10,12H2,1-3H3. The van der Waals surface area contributed by atoms with Crippen LogP contribution >= 0.6 is 0 Å². The van der Waals surface area contributed by atoms with Gasteiger partial charge in [-0.05, 0) is 37.1 Å². The molecule has 118 valence electrons. The molecule has 1 aliphatic rings. The van der Waals surface area contributed by atoms with Crippen molar-refractivity contribution in [1.82, 2.24) is 9.80 Å². The summed E-state index contributed by atoms with van der Waals surface area (Å²) in [4.78, 5) is 16.8. The highest BCUT2D eigenvalue weighted by atomic mass is 16.4. The molecule has 1 aromatic heterocycles. The Bertz CT molecular complexity index is 728. The zero-order valence-corrected chi connectivity index (χ0v) is 13.7. The molecule has 0 N–H and O–H groups in total. The molecule has 4 heteroatoms. The zero-order valence-electron chi connectivity index (χ0n) is 13.7. The lowest BCUT2D eigenvalue weighted by atomic mass is 10.0. The van der Waals surface area contributed by atoms with Gasteiger partial charge in [0, 0.05) is 44.2 Å². The minimum atomic E-state index is -0.247. The zero-order chi connectivity index (χ0) is 15.7. The summed E-state index contributed by atoms with van der Waals surface area (Å²) in [6, 6.07) is 5.84. The Morgan fingerprint density at radius 1 is 1.09 bits per heavy atom. The number of aryl methyl sites for hydroxylation is 2. The quantitative estimate of drug-likeness (QED) is 0.816. The second-order valence-electron chi connectivity index (χ2n) is 6.19. The first-order valence-electron chi connectivity index (χ1n) is 8.06. The summed E-state index contributed by atoms with van der Waals surface area (Å²) in [6.07, 6.45) is 0. The monoisotopic (exact) mass is 300 g/mol. The largest absolute Gasteiger partial charge is 0.422 e. The molecule has 0 spiro atoms. The molecule has 0 aliphatic carbocycles. The Kier molecular flexibility index (Phi) is 4.32. The molecule has 3 rings (SSSR count). The first kappa shape index (κ1) is 15.3. The predicted molar refractivity (Wildman–Crippen MR) is 89.3 cm³/mol. The average Bonchev–Trinajstić information content (AvgIpc) is 2.52. The van der Waals surface area contributed by atoms with Gasteiger partial charge in [0.1, 0.15) is 5.58 Å². The van der Waals surface area contributed by atoms with E-state index >= 15 is 0 Å². The molecule has 1 saturated heterocycles.